The van der Waals surface area contributed by atoms with Crippen molar-refractivity contribution in [2.45, 2.75) is 68.3 Å². The fourth-order valence-electron chi connectivity index (χ4n) is 5.08. The first-order valence-electron chi connectivity index (χ1n) is 13.6. The van der Waals surface area contributed by atoms with Gasteiger partial charge in [-0.15, -0.1) is 0 Å². The molecule has 2 fully saturated rings. The summed E-state index contributed by atoms with van der Waals surface area (Å²) in [5.41, 5.74) is 0.00435. The van der Waals surface area contributed by atoms with Gasteiger partial charge < -0.3 is 68.6 Å². The van der Waals surface area contributed by atoms with Crippen LogP contribution in [0.15, 0.2) is 45.6 Å². The molecule has 240 valence electrons. The van der Waals surface area contributed by atoms with E-state index in [0.717, 1.165) is 0 Å². The van der Waals surface area contributed by atoms with Crippen LogP contribution in [0.3, 0.4) is 0 Å². The largest absolute Gasteiger partial charge is 0.504 e. The molecule has 15 nitrogen and oxygen atoms in total. The lowest BCUT2D eigenvalue weighted by Gasteiger charge is -2.42. The van der Waals surface area contributed by atoms with Crippen LogP contribution in [0, 0.1) is 0 Å². The predicted octanol–water partition coefficient (Wildman–Crippen LogP) is -0.787. The molecule has 5 rings (SSSR count). The number of methoxy groups -OCH3 is 2. The molecule has 2 aliphatic rings. The predicted molar refractivity (Wildman–Crippen MR) is 148 cm³/mol. The third kappa shape index (κ3) is 5.93. The molecule has 7 N–H and O–H groups in total. The lowest BCUT2D eigenvalue weighted by molar-refractivity contribution is -0.318. The van der Waals surface area contributed by atoms with E-state index in [0.29, 0.717) is 5.56 Å². The number of hydrogen-bond acceptors (Lipinski definition) is 15. The lowest BCUT2D eigenvalue weighted by Crippen LogP contribution is -2.61. The SMILES string of the molecule is COc1cc2oc(-c3ccc(OC4O[C@H](CO[C@@H]5O[C@@H](C)[C@H](O)[C@@H](O)[C@H]5O)[C@@H](O)[C@H](O)[C@H]4O)cc3)cc(=O)c2c(O)c1OC. The molecule has 2 saturated heterocycles. The molecule has 2 aromatic carbocycles. The standard InChI is InChI=1S/C29H34O15/c1-11-20(31)23(34)25(36)28(41-11)40-10-18-21(32)24(35)26(37)29(44-18)42-13-6-4-12(5-7-13)15-8-14(30)19-16(43-15)9-17(38-2)27(39-3)22(19)33/h4-9,11,18,20-21,23-26,28-29,31-37H,10H2,1-3H3/t11-,18+,20-,21+,23+,24-,25+,26+,28+,29?/m0/s1. The molecule has 0 radical (unpaired) electrons. The first-order chi connectivity index (χ1) is 20.9. The van der Waals surface area contributed by atoms with E-state index in [1.165, 1.54) is 45.4 Å². The quantitative estimate of drug-likeness (QED) is 0.163. The number of aromatic hydroxyl groups is 1. The minimum Gasteiger partial charge on any atom is -0.504 e. The summed E-state index contributed by atoms with van der Waals surface area (Å²) in [6, 6.07) is 8.72. The number of phenolic OH excluding ortho intramolecular Hbond substituents is 1. The van der Waals surface area contributed by atoms with Crippen molar-refractivity contribution < 1.29 is 68.6 Å². The number of aliphatic hydroxyl groups excluding tert-OH is 6. The summed E-state index contributed by atoms with van der Waals surface area (Å²) in [7, 11) is 2.70. The summed E-state index contributed by atoms with van der Waals surface area (Å²) in [5, 5.41) is 71.8. The number of fused-ring (bicyclic) bond motifs is 1. The first-order valence-corrected chi connectivity index (χ1v) is 13.6. The molecule has 3 aromatic rings. The maximum atomic E-state index is 12.8. The van der Waals surface area contributed by atoms with Crippen LogP contribution in [-0.4, -0.2) is 118 Å². The van der Waals surface area contributed by atoms with Crippen molar-refractivity contribution in [1.29, 1.82) is 0 Å². The Hall–Kier alpha value is -3.51. The average molecular weight is 623 g/mol. The molecule has 0 amide bonds. The van der Waals surface area contributed by atoms with Gasteiger partial charge in [0.05, 0.1) is 26.9 Å². The van der Waals surface area contributed by atoms with Crippen LogP contribution < -0.4 is 19.6 Å². The molecule has 15 heteroatoms. The van der Waals surface area contributed by atoms with E-state index in [-0.39, 0.29) is 34.0 Å². The van der Waals surface area contributed by atoms with Crippen molar-refractivity contribution in [3.05, 3.63) is 46.6 Å². The van der Waals surface area contributed by atoms with E-state index in [4.69, 9.17) is 32.8 Å². The summed E-state index contributed by atoms with van der Waals surface area (Å²) in [5.74, 6) is 0.0984. The average Bonchev–Trinajstić information content (AvgIpc) is 3.01. The number of hydrogen-bond donors (Lipinski definition) is 7. The molecule has 0 spiro atoms. The Balaban J connectivity index is 1.29. The van der Waals surface area contributed by atoms with Gasteiger partial charge in [-0.2, -0.15) is 0 Å². The maximum absolute atomic E-state index is 12.8. The summed E-state index contributed by atoms with van der Waals surface area (Å²) < 4.78 is 38.4. The molecule has 44 heavy (non-hydrogen) atoms. The highest BCUT2D eigenvalue weighted by molar-refractivity contribution is 5.89. The van der Waals surface area contributed by atoms with Crippen LogP contribution in [0.5, 0.6) is 23.0 Å². The van der Waals surface area contributed by atoms with Crippen LogP contribution in [-0.2, 0) is 14.2 Å². The van der Waals surface area contributed by atoms with Crippen LogP contribution in [0.1, 0.15) is 6.92 Å². The van der Waals surface area contributed by atoms with Crippen molar-refractivity contribution >= 4 is 11.0 Å². The van der Waals surface area contributed by atoms with Crippen molar-refractivity contribution in [2.24, 2.45) is 0 Å². The molecular weight excluding hydrogens is 588 g/mol. The van der Waals surface area contributed by atoms with Gasteiger partial charge in [0, 0.05) is 17.7 Å². The zero-order chi connectivity index (χ0) is 31.9. The highest BCUT2D eigenvalue weighted by atomic mass is 16.7. The number of benzene rings is 2. The molecule has 10 atom stereocenters. The van der Waals surface area contributed by atoms with Gasteiger partial charge in [-0.1, -0.05) is 0 Å². The Morgan fingerprint density at radius 2 is 1.45 bits per heavy atom. The van der Waals surface area contributed by atoms with E-state index in [2.05, 4.69) is 0 Å². The van der Waals surface area contributed by atoms with Gasteiger partial charge >= 0.3 is 0 Å². The minimum atomic E-state index is -1.69. The lowest BCUT2D eigenvalue weighted by atomic mass is 9.98. The highest BCUT2D eigenvalue weighted by Gasteiger charge is 2.47. The molecule has 1 unspecified atom stereocenters. The Morgan fingerprint density at radius 3 is 2.11 bits per heavy atom. The second-order valence-electron chi connectivity index (χ2n) is 10.5. The normalized spacial score (nSPS) is 32.4. The molecule has 2 aliphatic heterocycles. The number of rotatable bonds is 8. The van der Waals surface area contributed by atoms with Crippen molar-refractivity contribution in [1.82, 2.24) is 0 Å². The van der Waals surface area contributed by atoms with Gasteiger partial charge in [0.1, 0.15) is 65.2 Å². The third-order valence-corrected chi connectivity index (χ3v) is 7.63. The van der Waals surface area contributed by atoms with E-state index in [1.54, 1.807) is 12.1 Å². The van der Waals surface area contributed by atoms with Crippen LogP contribution in [0.2, 0.25) is 0 Å². The van der Waals surface area contributed by atoms with Gasteiger partial charge in [-0.3, -0.25) is 4.79 Å². The van der Waals surface area contributed by atoms with E-state index in [1.807, 2.05) is 0 Å². The van der Waals surface area contributed by atoms with Crippen molar-refractivity contribution in [2.75, 3.05) is 20.8 Å². The first kappa shape index (κ1) is 31.9. The summed E-state index contributed by atoms with van der Waals surface area (Å²) in [6.07, 6.45) is -14.3. The van der Waals surface area contributed by atoms with E-state index < -0.39 is 79.2 Å². The topological polar surface area (TPSA) is 227 Å². The van der Waals surface area contributed by atoms with E-state index >= 15 is 0 Å². The van der Waals surface area contributed by atoms with Crippen LogP contribution >= 0.6 is 0 Å². The monoisotopic (exact) mass is 622 g/mol. The molecule has 0 bridgehead atoms. The van der Waals surface area contributed by atoms with Gasteiger partial charge in [0.15, 0.2) is 23.2 Å². The number of phenols is 1. The molecule has 1 aromatic heterocycles. The van der Waals surface area contributed by atoms with Gasteiger partial charge in [0.25, 0.3) is 0 Å². The summed E-state index contributed by atoms with van der Waals surface area (Å²) in [4.78, 5) is 12.8. The maximum Gasteiger partial charge on any atom is 0.229 e. The number of ether oxygens (including phenoxy) is 6. The second kappa shape index (κ2) is 12.8. The van der Waals surface area contributed by atoms with Crippen LogP contribution in [0.25, 0.3) is 22.3 Å². The van der Waals surface area contributed by atoms with Gasteiger partial charge in [-0.05, 0) is 31.2 Å². The Morgan fingerprint density at radius 1 is 0.795 bits per heavy atom. The second-order valence-corrected chi connectivity index (χ2v) is 10.5. The van der Waals surface area contributed by atoms with Crippen molar-refractivity contribution in [3.8, 4) is 34.3 Å². The smallest absolute Gasteiger partial charge is 0.229 e. The fourth-order valence-corrected chi connectivity index (χ4v) is 5.08. The zero-order valence-corrected chi connectivity index (χ0v) is 23.8. The molecular formula is C29H34O15. The van der Waals surface area contributed by atoms with Gasteiger partial charge in [0.2, 0.25) is 12.0 Å². The summed E-state index contributed by atoms with van der Waals surface area (Å²) >= 11 is 0. The molecule has 0 aliphatic carbocycles. The van der Waals surface area contributed by atoms with Crippen molar-refractivity contribution in [3.63, 3.8) is 0 Å². The van der Waals surface area contributed by atoms with Gasteiger partial charge in [-0.25, -0.2) is 0 Å². The number of aliphatic hydroxyl groups is 6. The third-order valence-electron chi connectivity index (χ3n) is 7.63. The zero-order valence-electron chi connectivity index (χ0n) is 23.8. The Labute approximate surface area is 249 Å². The Bertz CT molecular complexity index is 1510. The Kier molecular flexibility index (Phi) is 9.31. The highest BCUT2D eigenvalue weighted by Crippen LogP contribution is 2.42. The summed E-state index contributed by atoms with van der Waals surface area (Å²) in [6.45, 7) is 1.04. The van der Waals surface area contributed by atoms with E-state index in [9.17, 15) is 40.5 Å². The molecule has 0 saturated carbocycles. The van der Waals surface area contributed by atoms with Crippen LogP contribution in [0.4, 0.5) is 0 Å². The minimum absolute atomic E-state index is 0.00624. The fraction of sp³-hybridized carbons (Fsp3) is 0.483. The molecule has 3 heterocycles.